The van der Waals surface area contributed by atoms with E-state index in [1.54, 1.807) is 43.8 Å². The van der Waals surface area contributed by atoms with Gasteiger partial charge in [0.25, 0.3) is 0 Å². The zero-order valence-corrected chi connectivity index (χ0v) is 19.0. The summed E-state index contributed by atoms with van der Waals surface area (Å²) in [6.07, 6.45) is 1.51. The Kier molecular flexibility index (Phi) is 6.80. The molecule has 1 N–H and O–H groups in total. The van der Waals surface area contributed by atoms with Gasteiger partial charge in [0.15, 0.2) is 10.8 Å². The predicted octanol–water partition coefficient (Wildman–Crippen LogP) is 3.39. The van der Waals surface area contributed by atoms with E-state index in [1.165, 1.54) is 18.1 Å². The molecule has 1 aromatic carbocycles. The van der Waals surface area contributed by atoms with E-state index in [1.807, 2.05) is 11.8 Å². The fourth-order valence-electron chi connectivity index (χ4n) is 2.93. The molecule has 1 fully saturated rings. The Balaban J connectivity index is 1.44. The number of nitrogens with zero attached hydrogens (tertiary/aromatic N) is 4. The van der Waals surface area contributed by atoms with E-state index in [9.17, 15) is 4.79 Å². The molecule has 1 amide bonds. The topological polar surface area (TPSA) is 89.5 Å². The van der Waals surface area contributed by atoms with E-state index in [4.69, 9.17) is 9.47 Å². The first-order valence-electron chi connectivity index (χ1n) is 9.26. The van der Waals surface area contributed by atoms with Gasteiger partial charge < -0.3 is 19.7 Å². The Morgan fingerprint density at radius 3 is 2.60 bits per heavy atom. The number of aromatic nitrogens is 3. The number of amides is 1. The summed E-state index contributed by atoms with van der Waals surface area (Å²) in [6.45, 7) is 1.99. The highest BCUT2D eigenvalue weighted by Gasteiger charge is 2.18. The number of ether oxygens (including phenoxy) is 2. The number of fused-ring (bicyclic) bond motifs is 1. The first-order chi connectivity index (χ1) is 14.7. The molecule has 30 heavy (non-hydrogen) atoms. The molecule has 158 valence electrons. The largest absolute Gasteiger partial charge is 0.497 e. The number of thioether (sulfide) groups is 2. The van der Waals surface area contributed by atoms with Gasteiger partial charge in [0.2, 0.25) is 5.91 Å². The number of hydrogen-bond donors (Lipinski definition) is 1. The molecule has 3 heterocycles. The normalized spacial score (nSPS) is 14.0. The zero-order chi connectivity index (χ0) is 20.9. The Bertz CT molecular complexity index is 1020. The Labute approximate surface area is 186 Å². The monoisotopic (exact) mass is 463 g/mol. The van der Waals surface area contributed by atoms with Crippen molar-refractivity contribution in [2.75, 3.05) is 54.8 Å². The van der Waals surface area contributed by atoms with Crippen LogP contribution in [0.4, 0.5) is 10.8 Å². The van der Waals surface area contributed by atoms with E-state index in [0.717, 1.165) is 39.5 Å². The fraction of sp³-hybridized carbons (Fsp3) is 0.368. The highest BCUT2D eigenvalue weighted by atomic mass is 32.2. The van der Waals surface area contributed by atoms with Crippen LogP contribution < -0.4 is 19.7 Å². The number of rotatable bonds is 7. The summed E-state index contributed by atoms with van der Waals surface area (Å²) in [7, 11) is 3.14. The molecular formula is C19H21N5O3S3. The molecule has 1 aliphatic heterocycles. The zero-order valence-electron chi connectivity index (χ0n) is 16.6. The standard InChI is InChI=1S/C19H21N5O3S3/c1-26-13-7-12(8-14(9-13)27-2)22-15(25)10-29-18-16-17(20-11-21-18)23-19(30-16)24-3-5-28-6-4-24/h7-9,11H,3-6,10H2,1-2H3,(H,22,25). The number of methoxy groups -OCH3 is 2. The molecule has 0 spiro atoms. The third-order valence-electron chi connectivity index (χ3n) is 4.40. The SMILES string of the molecule is COc1cc(NC(=O)CSc2ncnc3nc(N4CCSCC4)sc23)cc(OC)c1. The van der Waals surface area contributed by atoms with E-state index in [-0.39, 0.29) is 11.7 Å². The van der Waals surface area contributed by atoms with Crippen LogP contribution in [0.2, 0.25) is 0 Å². The van der Waals surface area contributed by atoms with Gasteiger partial charge in [0.1, 0.15) is 27.6 Å². The van der Waals surface area contributed by atoms with Crippen LogP contribution in [0.15, 0.2) is 29.6 Å². The summed E-state index contributed by atoms with van der Waals surface area (Å²) in [4.78, 5) is 28.1. The van der Waals surface area contributed by atoms with Crippen molar-refractivity contribution in [3.8, 4) is 11.5 Å². The highest BCUT2D eigenvalue weighted by Crippen LogP contribution is 2.34. The Morgan fingerprint density at radius 1 is 1.17 bits per heavy atom. The molecule has 2 aromatic heterocycles. The summed E-state index contributed by atoms with van der Waals surface area (Å²) in [5.41, 5.74) is 1.30. The van der Waals surface area contributed by atoms with Gasteiger partial charge in [-0.1, -0.05) is 23.1 Å². The lowest BCUT2D eigenvalue weighted by Gasteiger charge is -2.25. The predicted molar refractivity (Wildman–Crippen MR) is 124 cm³/mol. The summed E-state index contributed by atoms with van der Waals surface area (Å²) < 4.78 is 11.4. The van der Waals surface area contributed by atoms with Crippen LogP contribution in [0.25, 0.3) is 10.3 Å². The van der Waals surface area contributed by atoms with Crippen LogP contribution in [-0.2, 0) is 4.79 Å². The molecule has 0 bridgehead atoms. The first-order valence-corrected chi connectivity index (χ1v) is 12.2. The van der Waals surface area contributed by atoms with Crippen LogP contribution in [0, 0.1) is 0 Å². The summed E-state index contributed by atoms with van der Waals surface area (Å²) in [5.74, 6) is 3.53. The lowest BCUT2D eigenvalue weighted by atomic mass is 10.2. The van der Waals surface area contributed by atoms with Crippen LogP contribution in [0.3, 0.4) is 0 Å². The molecule has 1 saturated heterocycles. The van der Waals surface area contributed by atoms with Crippen molar-refractivity contribution in [3.05, 3.63) is 24.5 Å². The van der Waals surface area contributed by atoms with Crippen molar-refractivity contribution >= 4 is 61.9 Å². The van der Waals surface area contributed by atoms with Gasteiger partial charge in [-0.05, 0) is 0 Å². The molecule has 0 radical (unpaired) electrons. The van der Waals surface area contributed by atoms with Crippen LogP contribution in [0.5, 0.6) is 11.5 Å². The summed E-state index contributed by atoms with van der Waals surface area (Å²) >= 11 is 4.93. The lowest BCUT2D eigenvalue weighted by molar-refractivity contribution is -0.113. The van der Waals surface area contributed by atoms with E-state index >= 15 is 0 Å². The number of nitrogens with one attached hydrogen (secondary N) is 1. The van der Waals surface area contributed by atoms with Crippen molar-refractivity contribution in [3.63, 3.8) is 0 Å². The minimum absolute atomic E-state index is 0.139. The number of hydrogen-bond acceptors (Lipinski definition) is 10. The third-order valence-corrected chi connectivity index (χ3v) is 7.58. The molecule has 11 heteroatoms. The molecule has 0 atom stereocenters. The maximum atomic E-state index is 12.5. The van der Waals surface area contributed by atoms with E-state index in [0.29, 0.717) is 22.8 Å². The molecule has 0 unspecified atom stereocenters. The highest BCUT2D eigenvalue weighted by molar-refractivity contribution is 8.00. The van der Waals surface area contributed by atoms with Crippen molar-refractivity contribution < 1.29 is 14.3 Å². The van der Waals surface area contributed by atoms with E-state index in [2.05, 4.69) is 25.2 Å². The van der Waals surface area contributed by atoms with E-state index < -0.39 is 0 Å². The van der Waals surface area contributed by atoms with Gasteiger partial charge in [-0.2, -0.15) is 16.7 Å². The van der Waals surface area contributed by atoms with Gasteiger partial charge >= 0.3 is 0 Å². The number of carbonyl (C=O) groups excluding carboxylic acids is 1. The fourth-order valence-corrected chi connectivity index (χ4v) is 5.77. The molecule has 0 saturated carbocycles. The average Bonchev–Trinajstić information content (AvgIpc) is 3.23. The van der Waals surface area contributed by atoms with Gasteiger partial charge in [0, 0.05) is 48.5 Å². The molecular weight excluding hydrogens is 442 g/mol. The minimum Gasteiger partial charge on any atom is -0.497 e. The summed E-state index contributed by atoms with van der Waals surface area (Å²) in [6, 6.07) is 5.26. The first kappa shape index (κ1) is 21.0. The Hall–Kier alpha value is -2.24. The number of anilines is 2. The quantitative estimate of drug-likeness (QED) is 0.418. The van der Waals surface area contributed by atoms with Crippen molar-refractivity contribution in [2.45, 2.75) is 5.03 Å². The molecule has 1 aliphatic rings. The second kappa shape index (κ2) is 9.71. The van der Waals surface area contributed by atoms with Gasteiger partial charge in [-0.3, -0.25) is 4.79 Å². The van der Waals surface area contributed by atoms with Gasteiger partial charge in [-0.15, -0.1) is 0 Å². The van der Waals surface area contributed by atoms with Crippen LogP contribution >= 0.6 is 34.9 Å². The second-order valence-electron chi connectivity index (χ2n) is 6.37. The lowest BCUT2D eigenvalue weighted by Crippen LogP contribution is -2.32. The third kappa shape index (κ3) is 4.90. The smallest absolute Gasteiger partial charge is 0.234 e. The molecule has 0 aliphatic carbocycles. The van der Waals surface area contributed by atoms with Crippen molar-refractivity contribution in [1.82, 2.24) is 15.0 Å². The number of thiazole rings is 1. The number of benzene rings is 1. The maximum absolute atomic E-state index is 12.5. The van der Waals surface area contributed by atoms with Crippen LogP contribution in [-0.4, -0.2) is 65.4 Å². The molecule has 8 nitrogen and oxygen atoms in total. The average molecular weight is 464 g/mol. The molecule has 4 rings (SSSR count). The number of carbonyl (C=O) groups is 1. The van der Waals surface area contributed by atoms with Crippen LogP contribution in [0.1, 0.15) is 0 Å². The second-order valence-corrected chi connectivity index (χ2v) is 9.53. The van der Waals surface area contributed by atoms with Gasteiger partial charge in [0.05, 0.1) is 20.0 Å². The molecule has 3 aromatic rings. The summed E-state index contributed by atoms with van der Waals surface area (Å²) in [5, 5.41) is 4.63. The maximum Gasteiger partial charge on any atom is 0.234 e. The van der Waals surface area contributed by atoms with Crippen molar-refractivity contribution in [1.29, 1.82) is 0 Å². The van der Waals surface area contributed by atoms with Gasteiger partial charge in [-0.25, -0.2) is 9.97 Å². The Morgan fingerprint density at radius 2 is 1.90 bits per heavy atom. The van der Waals surface area contributed by atoms with Crippen molar-refractivity contribution in [2.24, 2.45) is 0 Å². The minimum atomic E-state index is -0.139.